The highest BCUT2D eigenvalue weighted by Gasteiger charge is 2.06. The Hall–Kier alpha value is -2.57. The van der Waals surface area contributed by atoms with Crippen LogP contribution in [0.5, 0.6) is 0 Å². The second kappa shape index (κ2) is 4.97. The molecule has 0 fully saturated rings. The van der Waals surface area contributed by atoms with Gasteiger partial charge in [-0.05, 0) is 11.6 Å². The van der Waals surface area contributed by atoms with Gasteiger partial charge in [-0.1, -0.05) is 36.4 Å². The topological polar surface area (TPSA) is 85.2 Å². The van der Waals surface area contributed by atoms with Crippen LogP contribution in [0.3, 0.4) is 0 Å². The lowest BCUT2D eigenvalue weighted by Gasteiger charge is -1.97. The summed E-state index contributed by atoms with van der Waals surface area (Å²) < 4.78 is 1.85. The molecule has 0 spiro atoms. The first-order valence-corrected chi connectivity index (χ1v) is 6.11. The van der Waals surface area contributed by atoms with E-state index < -0.39 is 0 Å². The Labute approximate surface area is 109 Å². The van der Waals surface area contributed by atoms with Gasteiger partial charge in [0.05, 0.1) is 6.20 Å². The van der Waals surface area contributed by atoms with Crippen molar-refractivity contribution in [3.8, 4) is 22.6 Å². The van der Waals surface area contributed by atoms with E-state index in [0.717, 1.165) is 29.8 Å². The Bertz CT molecular complexity index is 639. The molecule has 0 amide bonds. The number of H-pyrrole nitrogens is 1. The molecule has 19 heavy (non-hydrogen) atoms. The second-order valence-corrected chi connectivity index (χ2v) is 4.18. The number of aromatic nitrogens is 7. The zero-order valence-corrected chi connectivity index (χ0v) is 10.5. The zero-order valence-electron chi connectivity index (χ0n) is 10.5. The van der Waals surface area contributed by atoms with E-state index in [0.29, 0.717) is 5.82 Å². The summed E-state index contributed by atoms with van der Waals surface area (Å²) in [6.45, 7) is 3.00. The number of aromatic amines is 1. The summed E-state index contributed by atoms with van der Waals surface area (Å²) in [4.78, 5) is 0. The molecule has 7 heteroatoms. The number of nitrogens with one attached hydrogen (secondary N) is 1. The third-order valence-corrected chi connectivity index (χ3v) is 2.78. The monoisotopic (exact) mass is 255 g/mol. The van der Waals surface area contributed by atoms with Gasteiger partial charge in [0, 0.05) is 17.7 Å². The van der Waals surface area contributed by atoms with E-state index in [2.05, 4.69) is 37.9 Å². The molecule has 3 aromatic rings. The maximum absolute atomic E-state index is 4.16. The standard InChI is InChI=1S/C12H13N7/c1-2-7-19-8-11(13-18-19)9-3-5-10(6-4-9)12-14-16-17-15-12/h3-6,8H,2,7H2,1H3,(H,14,15,16,17). The van der Waals surface area contributed by atoms with Crippen LogP contribution in [-0.4, -0.2) is 35.6 Å². The molecule has 1 aromatic carbocycles. The average molecular weight is 255 g/mol. The minimum absolute atomic E-state index is 0.584. The summed E-state index contributed by atoms with van der Waals surface area (Å²) >= 11 is 0. The smallest absolute Gasteiger partial charge is 0.204 e. The van der Waals surface area contributed by atoms with Crippen molar-refractivity contribution in [3.63, 3.8) is 0 Å². The number of hydrogen-bond acceptors (Lipinski definition) is 5. The van der Waals surface area contributed by atoms with Crippen LogP contribution in [-0.2, 0) is 6.54 Å². The Balaban J connectivity index is 1.85. The number of aryl methyl sites for hydroxylation is 1. The van der Waals surface area contributed by atoms with Crippen molar-refractivity contribution in [2.24, 2.45) is 0 Å². The first-order chi connectivity index (χ1) is 9.36. The Morgan fingerprint density at radius 3 is 2.58 bits per heavy atom. The summed E-state index contributed by atoms with van der Waals surface area (Å²) in [5, 5.41) is 22.1. The SMILES string of the molecule is CCCn1cc(-c2ccc(-c3nn[nH]n3)cc2)nn1. The predicted octanol–water partition coefficient (Wildman–Crippen LogP) is 1.54. The van der Waals surface area contributed by atoms with E-state index >= 15 is 0 Å². The molecule has 0 aliphatic rings. The Morgan fingerprint density at radius 1 is 1.11 bits per heavy atom. The molecule has 2 heterocycles. The van der Waals surface area contributed by atoms with Crippen molar-refractivity contribution < 1.29 is 0 Å². The lowest BCUT2D eigenvalue weighted by molar-refractivity contribution is 0.579. The van der Waals surface area contributed by atoms with Crippen molar-refractivity contribution >= 4 is 0 Å². The molecule has 0 aliphatic carbocycles. The van der Waals surface area contributed by atoms with E-state index in [9.17, 15) is 0 Å². The van der Waals surface area contributed by atoms with Gasteiger partial charge in [0.2, 0.25) is 5.82 Å². The van der Waals surface area contributed by atoms with Crippen molar-refractivity contribution in [1.29, 1.82) is 0 Å². The largest absolute Gasteiger partial charge is 0.252 e. The van der Waals surface area contributed by atoms with E-state index in [1.54, 1.807) is 0 Å². The van der Waals surface area contributed by atoms with Crippen LogP contribution in [0.2, 0.25) is 0 Å². The molecule has 0 atom stereocenters. The van der Waals surface area contributed by atoms with Gasteiger partial charge >= 0.3 is 0 Å². The number of tetrazole rings is 1. The van der Waals surface area contributed by atoms with Crippen LogP contribution in [0.4, 0.5) is 0 Å². The van der Waals surface area contributed by atoms with E-state index in [1.165, 1.54) is 0 Å². The van der Waals surface area contributed by atoms with Crippen LogP contribution in [0.1, 0.15) is 13.3 Å². The molecular formula is C12H13N7. The molecule has 2 aromatic heterocycles. The number of nitrogens with zero attached hydrogens (tertiary/aromatic N) is 6. The van der Waals surface area contributed by atoms with Gasteiger partial charge < -0.3 is 0 Å². The van der Waals surface area contributed by atoms with Gasteiger partial charge in [-0.25, -0.2) is 0 Å². The van der Waals surface area contributed by atoms with Crippen molar-refractivity contribution in [1.82, 2.24) is 35.6 Å². The molecule has 0 aliphatic heterocycles. The molecular weight excluding hydrogens is 242 g/mol. The first-order valence-electron chi connectivity index (χ1n) is 6.11. The number of rotatable bonds is 4. The van der Waals surface area contributed by atoms with Gasteiger partial charge in [-0.2, -0.15) is 5.21 Å². The summed E-state index contributed by atoms with van der Waals surface area (Å²) in [7, 11) is 0. The van der Waals surface area contributed by atoms with Gasteiger partial charge in [-0.15, -0.1) is 15.3 Å². The Kier molecular flexibility index (Phi) is 3.01. The maximum atomic E-state index is 4.16. The van der Waals surface area contributed by atoms with Crippen molar-refractivity contribution in [2.45, 2.75) is 19.9 Å². The Morgan fingerprint density at radius 2 is 1.89 bits per heavy atom. The van der Waals surface area contributed by atoms with Crippen LogP contribution >= 0.6 is 0 Å². The molecule has 0 unspecified atom stereocenters. The van der Waals surface area contributed by atoms with Gasteiger partial charge in [-0.3, -0.25) is 4.68 Å². The molecule has 0 radical (unpaired) electrons. The zero-order chi connectivity index (χ0) is 13.1. The highest BCUT2D eigenvalue weighted by Crippen LogP contribution is 2.20. The third-order valence-electron chi connectivity index (χ3n) is 2.78. The molecule has 0 saturated carbocycles. The fourth-order valence-corrected chi connectivity index (χ4v) is 1.84. The fraction of sp³-hybridized carbons (Fsp3) is 0.250. The molecule has 3 rings (SSSR count). The van der Waals surface area contributed by atoms with E-state index in [4.69, 9.17) is 0 Å². The summed E-state index contributed by atoms with van der Waals surface area (Å²) in [5.41, 5.74) is 2.81. The van der Waals surface area contributed by atoms with Gasteiger partial charge in [0.25, 0.3) is 0 Å². The van der Waals surface area contributed by atoms with Crippen LogP contribution in [0.15, 0.2) is 30.5 Å². The minimum Gasteiger partial charge on any atom is -0.252 e. The lowest BCUT2D eigenvalue weighted by atomic mass is 10.1. The second-order valence-electron chi connectivity index (χ2n) is 4.18. The highest BCUT2D eigenvalue weighted by atomic mass is 15.5. The van der Waals surface area contributed by atoms with Crippen molar-refractivity contribution in [3.05, 3.63) is 30.5 Å². The van der Waals surface area contributed by atoms with Crippen molar-refractivity contribution in [2.75, 3.05) is 0 Å². The maximum Gasteiger partial charge on any atom is 0.204 e. The van der Waals surface area contributed by atoms with Crippen LogP contribution in [0.25, 0.3) is 22.6 Å². The van der Waals surface area contributed by atoms with Crippen LogP contribution < -0.4 is 0 Å². The normalized spacial score (nSPS) is 10.8. The lowest BCUT2D eigenvalue weighted by Crippen LogP contribution is -1.96. The molecule has 0 saturated heterocycles. The molecule has 1 N–H and O–H groups in total. The highest BCUT2D eigenvalue weighted by molar-refractivity contribution is 5.64. The summed E-state index contributed by atoms with van der Waals surface area (Å²) in [6, 6.07) is 7.84. The first kappa shape index (κ1) is 11.5. The average Bonchev–Trinajstić information content (AvgIpc) is 3.10. The molecule has 96 valence electrons. The molecule has 7 nitrogen and oxygen atoms in total. The van der Waals surface area contributed by atoms with E-state index in [1.807, 2.05) is 35.1 Å². The predicted molar refractivity (Wildman–Crippen MR) is 68.9 cm³/mol. The van der Waals surface area contributed by atoms with E-state index in [-0.39, 0.29) is 0 Å². The van der Waals surface area contributed by atoms with Gasteiger partial charge in [0.15, 0.2) is 0 Å². The van der Waals surface area contributed by atoms with Crippen LogP contribution in [0, 0.1) is 0 Å². The minimum atomic E-state index is 0.584. The molecule has 0 bridgehead atoms. The third kappa shape index (κ3) is 2.35. The number of benzene rings is 1. The fourth-order valence-electron chi connectivity index (χ4n) is 1.84. The summed E-state index contributed by atoms with van der Waals surface area (Å²) in [5.74, 6) is 0.584. The summed E-state index contributed by atoms with van der Waals surface area (Å²) in [6.07, 6.45) is 2.99. The number of hydrogen-bond donors (Lipinski definition) is 1. The van der Waals surface area contributed by atoms with Gasteiger partial charge in [0.1, 0.15) is 5.69 Å². The quantitative estimate of drug-likeness (QED) is 0.764.